The minimum absolute atomic E-state index is 0.378. The molecule has 1 aromatic heterocycles. The zero-order chi connectivity index (χ0) is 14.5. The minimum Gasteiger partial charge on any atom is -0.376 e. The molecule has 0 bridgehead atoms. The third-order valence-corrected chi connectivity index (χ3v) is 4.32. The van der Waals surface area contributed by atoms with Gasteiger partial charge in [0.15, 0.2) is 0 Å². The van der Waals surface area contributed by atoms with E-state index in [2.05, 4.69) is 28.2 Å². The average molecular weight is 289 g/mol. The molecule has 0 amide bonds. The fraction of sp³-hybridized carbons (Fsp3) is 0.706. The fourth-order valence-electron chi connectivity index (χ4n) is 2.97. The Morgan fingerprint density at radius 3 is 3.10 bits per heavy atom. The van der Waals surface area contributed by atoms with E-state index in [1.165, 1.54) is 36.9 Å². The van der Waals surface area contributed by atoms with Gasteiger partial charge in [0.2, 0.25) is 0 Å². The SMILES string of the molecule is CCCOC1CCCN(c2cnccc2CNC2CC2)C1. The van der Waals surface area contributed by atoms with Crippen molar-refractivity contribution in [2.24, 2.45) is 0 Å². The number of anilines is 1. The van der Waals surface area contributed by atoms with Gasteiger partial charge in [-0.25, -0.2) is 0 Å². The highest BCUT2D eigenvalue weighted by molar-refractivity contribution is 5.52. The predicted molar refractivity (Wildman–Crippen MR) is 85.6 cm³/mol. The summed E-state index contributed by atoms with van der Waals surface area (Å²) in [4.78, 5) is 6.80. The normalized spacial score (nSPS) is 22.5. The van der Waals surface area contributed by atoms with Crippen LogP contribution in [0.4, 0.5) is 5.69 Å². The molecule has 2 heterocycles. The lowest BCUT2D eigenvalue weighted by atomic mass is 10.1. The molecule has 2 fully saturated rings. The molecular weight excluding hydrogens is 262 g/mol. The maximum Gasteiger partial charge on any atom is 0.0750 e. The Kier molecular flexibility index (Phi) is 5.09. The van der Waals surface area contributed by atoms with Gasteiger partial charge in [-0.15, -0.1) is 0 Å². The molecule has 1 atom stereocenters. The Hall–Kier alpha value is -1.13. The van der Waals surface area contributed by atoms with E-state index < -0.39 is 0 Å². The van der Waals surface area contributed by atoms with Gasteiger partial charge in [0, 0.05) is 38.5 Å². The molecule has 0 spiro atoms. The third-order valence-electron chi connectivity index (χ3n) is 4.32. The maximum atomic E-state index is 5.95. The molecule has 0 radical (unpaired) electrons. The monoisotopic (exact) mass is 289 g/mol. The highest BCUT2D eigenvalue weighted by Gasteiger charge is 2.24. The molecule has 1 unspecified atom stereocenters. The Labute approximate surface area is 127 Å². The summed E-state index contributed by atoms with van der Waals surface area (Å²) in [6.45, 7) is 6.13. The molecule has 1 N–H and O–H groups in total. The van der Waals surface area contributed by atoms with Crippen LogP contribution in [0.25, 0.3) is 0 Å². The summed E-state index contributed by atoms with van der Waals surface area (Å²) in [5.41, 5.74) is 2.66. The van der Waals surface area contributed by atoms with Crippen molar-refractivity contribution in [3.63, 3.8) is 0 Å². The average Bonchev–Trinajstić information content (AvgIpc) is 3.36. The predicted octanol–water partition coefficient (Wildman–Crippen LogP) is 2.73. The highest BCUT2D eigenvalue weighted by Crippen LogP contribution is 2.26. The molecule has 4 heteroatoms. The Morgan fingerprint density at radius 2 is 2.29 bits per heavy atom. The largest absolute Gasteiger partial charge is 0.376 e. The number of hydrogen-bond acceptors (Lipinski definition) is 4. The maximum absolute atomic E-state index is 5.95. The van der Waals surface area contributed by atoms with E-state index in [1.807, 2.05) is 12.4 Å². The first kappa shape index (κ1) is 14.8. The molecule has 3 rings (SSSR count). The van der Waals surface area contributed by atoms with Crippen LogP contribution in [0.3, 0.4) is 0 Å². The standard InChI is InChI=1S/C17H27N3O/c1-2-10-21-16-4-3-9-20(13-16)17-12-18-8-7-14(17)11-19-15-5-6-15/h7-8,12,15-16,19H,2-6,9-11,13H2,1H3. The summed E-state index contributed by atoms with van der Waals surface area (Å²) in [5, 5.41) is 3.61. The number of ether oxygens (including phenoxy) is 1. The van der Waals surface area contributed by atoms with Crippen LogP contribution in [-0.4, -0.2) is 36.8 Å². The number of piperidine rings is 1. The van der Waals surface area contributed by atoms with Crippen molar-refractivity contribution in [3.8, 4) is 0 Å². The lowest BCUT2D eigenvalue weighted by Gasteiger charge is -2.35. The lowest BCUT2D eigenvalue weighted by molar-refractivity contribution is 0.0440. The third kappa shape index (κ3) is 4.17. The molecular formula is C17H27N3O. The van der Waals surface area contributed by atoms with Crippen molar-refractivity contribution in [3.05, 3.63) is 24.0 Å². The van der Waals surface area contributed by atoms with Crippen molar-refractivity contribution in [1.82, 2.24) is 10.3 Å². The second kappa shape index (κ2) is 7.23. The van der Waals surface area contributed by atoms with Gasteiger partial charge in [-0.2, -0.15) is 0 Å². The second-order valence-corrected chi connectivity index (χ2v) is 6.24. The Bertz CT molecular complexity index is 447. The van der Waals surface area contributed by atoms with E-state index in [4.69, 9.17) is 4.74 Å². The fourth-order valence-corrected chi connectivity index (χ4v) is 2.97. The van der Waals surface area contributed by atoms with E-state index in [-0.39, 0.29) is 0 Å². The first-order valence-electron chi connectivity index (χ1n) is 8.39. The molecule has 1 saturated heterocycles. The molecule has 1 aromatic rings. The topological polar surface area (TPSA) is 37.4 Å². The Balaban J connectivity index is 1.63. The van der Waals surface area contributed by atoms with Crippen molar-refractivity contribution in [1.29, 1.82) is 0 Å². The summed E-state index contributed by atoms with van der Waals surface area (Å²) in [6.07, 6.45) is 10.5. The van der Waals surface area contributed by atoms with Crippen molar-refractivity contribution in [2.75, 3.05) is 24.6 Å². The van der Waals surface area contributed by atoms with Gasteiger partial charge >= 0.3 is 0 Å². The quantitative estimate of drug-likeness (QED) is 0.837. The molecule has 4 nitrogen and oxygen atoms in total. The van der Waals surface area contributed by atoms with E-state index in [9.17, 15) is 0 Å². The van der Waals surface area contributed by atoms with Crippen LogP contribution < -0.4 is 10.2 Å². The van der Waals surface area contributed by atoms with Crippen molar-refractivity contribution >= 4 is 5.69 Å². The second-order valence-electron chi connectivity index (χ2n) is 6.24. The number of nitrogens with zero attached hydrogens (tertiary/aromatic N) is 2. The van der Waals surface area contributed by atoms with E-state index in [0.29, 0.717) is 6.10 Å². The lowest BCUT2D eigenvalue weighted by Crippen LogP contribution is -2.40. The van der Waals surface area contributed by atoms with E-state index in [0.717, 1.165) is 38.7 Å². The summed E-state index contributed by atoms with van der Waals surface area (Å²) in [7, 11) is 0. The van der Waals surface area contributed by atoms with E-state index >= 15 is 0 Å². The van der Waals surface area contributed by atoms with Crippen LogP contribution in [-0.2, 0) is 11.3 Å². The van der Waals surface area contributed by atoms with E-state index in [1.54, 1.807) is 0 Å². The zero-order valence-corrected chi connectivity index (χ0v) is 13.1. The number of aromatic nitrogens is 1. The smallest absolute Gasteiger partial charge is 0.0750 e. The number of nitrogens with one attached hydrogen (secondary N) is 1. The van der Waals surface area contributed by atoms with Crippen LogP contribution in [0.1, 0.15) is 44.6 Å². The highest BCUT2D eigenvalue weighted by atomic mass is 16.5. The molecule has 1 aliphatic carbocycles. The summed E-state index contributed by atoms with van der Waals surface area (Å²) >= 11 is 0. The first-order chi connectivity index (χ1) is 10.4. The summed E-state index contributed by atoms with van der Waals surface area (Å²) < 4.78 is 5.95. The van der Waals surface area contributed by atoms with Crippen LogP contribution in [0, 0.1) is 0 Å². The molecule has 21 heavy (non-hydrogen) atoms. The van der Waals surface area contributed by atoms with Gasteiger partial charge in [0.05, 0.1) is 18.0 Å². The van der Waals surface area contributed by atoms with Gasteiger partial charge in [-0.1, -0.05) is 6.92 Å². The number of hydrogen-bond donors (Lipinski definition) is 1. The minimum atomic E-state index is 0.378. The van der Waals surface area contributed by atoms with Crippen molar-refractivity contribution < 1.29 is 4.74 Å². The first-order valence-corrected chi connectivity index (χ1v) is 8.39. The van der Waals surface area contributed by atoms with Gasteiger partial charge in [0.25, 0.3) is 0 Å². The number of rotatable bonds is 7. The molecule has 2 aliphatic rings. The van der Waals surface area contributed by atoms with Crippen LogP contribution >= 0.6 is 0 Å². The Morgan fingerprint density at radius 1 is 1.38 bits per heavy atom. The van der Waals surface area contributed by atoms with Gasteiger partial charge in [0.1, 0.15) is 0 Å². The summed E-state index contributed by atoms with van der Waals surface area (Å²) in [6, 6.07) is 2.90. The van der Waals surface area contributed by atoms with Crippen LogP contribution in [0.2, 0.25) is 0 Å². The molecule has 1 saturated carbocycles. The van der Waals surface area contributed by atoms with Gasteiger partial charge in [-0.3, -0.25) is 4.98 Å². The van der Waals surface area contributed by atoms with Crippen LogP contribution in [0.5, 0.6) is 0 Å². The molecule has 0 aromatic carbocycles. The van der Waals surface area contributed by atoms with Gasteiger partial charge < -0.3 is 15.0 Å². The molecule has 116 valence electrons. The van der Waals surface area contributed by atoms with Crippen molar-refractivity contribution in [2.45, 2.75) is 57.7 Å². The number of pyridine rings is 1. The molecule has 1 aliphatic heterocycles. The van der Waals surface area contributed by atoms with Gasteiger partial charge in [-0.05, 0) is 43.7 Å². The van der Waals surface area contributed by atoms with Crippen LogP contribution in [0.15, 0.2) is 18.5 Å². The zero-order valence-electron chi connectivity index (χ0n) is 13.1. The summed E-state index contributed by atoms with van der Waals surface area (Å²) in [5.74, 6) is 0.